The van der Waals surface area contributed by atoms with Gasteiger partial charge in [0.25, 0.3) is 0 Å². The van der Waals surface area contributed by atoms with E-state index in [4.69, 9.17) is 21.4 Å². The maximum absolute atomic E-state index is 11.8. The van der Waals surface area contributed by atoms with Gasteiger partial charge in [-0.25, -0.2) is 8.42 Å². The number of furan rings is 1. The van der Waals surface area contributed by atoms with Crippen LogP contribution < -0.4 is 19.7 Å². The summed E-state index contributed by atoms with van der Waals surface area (Å²) in [7, 11) is -2.00. The Bertz CT molecular complexity index is 1560. The van der Waals surface area contributed by atoms with Crippen molar-refractivity contribution in [1.29, 1.82) is 0 Å². The molecule has 2 aromatic heterocycles. The van der Waals surface area contributed by atoms with Gasteiger partial charge >= 0.3 is 0 Å². The van der Waals surface area contributed by atoms with Crippen molar-refractivity contribution >= 4 is 50.5 Å². The Balaban J connectivity index is 1.54. The van der Waals surface area contributed by atoms with E-state index in [1.807, 2.05) is 35.2 Å². The molecule has 2 aromatic carbocycles. The number of benzene rings is 2. The average molecular weight is 567 g/mol. The third-order valence-electron chi connectivity index (χ3n) is 5.99. The van der Waals surface area contributed by atoms with E-state index in [2.05, 4.69) is 46.2 Å². The average Bonchev–Trinajstić information content (AvgIpc) is 3.49. The van der Waals surface area contributed by atoms with Crippen LogP contribution in [-0.4, -0.2) is 31.9 Å². The number of hydrogen-bond acceptors (Lipinski definition) is 7. The molecule has 3 heterocycles. The van der Waals surface area contributed by atoms with Crippen LogP contribution in [-0.2, 0) is 10.0 Å². The smallest absolute Gasteiger partial charge is 0.229 e. The lowest BCUT2D eigenvalue weighted by Crippen LogP contribution is -2.29. The monoisotopic (exact) mass is 566 g/mol. The second-order valence-electron chi connectivity index (χ2n) is 8.83. The van der Waals surface area contributed by atoms with Crippen molar-refractivity contribution in [2.45, 2.75) is 29.0 Å². The van der Waals surface area contributed by atoms with Gasteiger partial charge in [0.15, 0.2) is 10.2 Å². The summed E-state index contributed by atoms with van der Waals surface area (Å²) < 4.78 is 38.0. The van der Waals surface area contributed by atoms with Crippen LogP contribution >= 0.6 is 24.0 Å². The second-order valence-corrected chi connectivity index (χ2v) is 12.0. The standard InChI is InChI=1S/C27H26N4O4S3/c1-17-7-10-19(11-8-17)37-24-14-13-22(35-24)26-25(21-6-4-5-15-28-21)29-27(36)31(26)18-9-12-20(23(16-18)34-2)30-38(3,32)33/h4-16,25-26,30H,1-3H3,(H,29,36)/t25-,26+/m1/s1. The fourth-order valence-electron chi connectivity index (χ4n) is 4.31. The Morgan fingerprint density at radius 2 is 1.89 bits per heavy atom. The fourth-order valence-corrected chi connectivity index (χ4v) is 6.00. The zero-order chi connectivity index (χ0) is 26.9. The lowest BCUT2D eigenvalue weighted by Gasteiger charge is -2.26. The molecule has 8 nitrogen and oxygen atoms in total. The van der Waals surface area contributed by atoms with Crippen LogP contribution in [0.1, 0.15) is 29.1 Å². The molecule has 2 atom stereocenters. The molecule has 1 fully saturated rings. The number of pyridine rings is 1. The molecule has 1 aliphatic heterocycles. The third-order valence-corrected chi connectivity index (χ3v) is 7.82. The van der Waals surface area contributed by atoms with Crippen molar-refractivity contribution in [3.05, 3.63) is 96.0 Å². The number of aryl methyl sites for hydroxylation is 1. The summed E-state index contributed by atoms with van der Waals surface area (Å²) in [5.41, 5.74) is 3.06. The first-order valence-corrected chi connectivity index (χ1v) is 14.8. The van der Waals surface area contributed by atoms with Crippen molar-refractivity contribution in [2.24, 2.45) is 0 Å². The molecule has 0 aliphatic carbocycles. The number of ether oxygens (including phenoxy) is 1. The van der Waals surface area contributed by atoms with Crippen molar-refractivity contribution in [3.63, 3.8) is 0 Å². The number of nitrogens with zero attached hydrogens (tertiary/aromatic N) is 2. The molecule has 1 aliphatic rings. The molecule has 0 bridgehead atoms. The fraction of sp³-hybridized carbons (Fsp3) is 0.185. The maximum Gasteiger partial charge on any atom is 0.229 e. The first kappa shape index (κ1) is 26.1. The van der Waals surface area contributed by atoms with E-state index in [1.54, 1.807) is 36.2 Å². The Kier molecular flexibility index (Phi) is 7.33. The molecule has 38 heavy (non-hydrogen) atoms. The minimum Gasteiger partial charge on any atom is -0.494 e. The highest BCUT2D eigenvalue weighted by Gasteiger charge is 2.42. The summed E-state index contributed by atoms with van der Waals surface area (Å²) in [4.78, 5) is 7.60. The van der Waals surface area contributed by atoms with Crippen molar-refractivity contribution in [1.82, 2.24) is 10.3 Å². The molecule has 0 spiro atoms. The lowest BCUT2D eigenvalue weighted by atomic mass is 10.0. The van der Waals surface area contributed by atoms with Crippen LogP contribution in [0.4, 0.5) is 11.4 Å². The van der Waals surface area contributed by atoms with E-state index >= 15 is 0 Å². The minimum absolute atomic E-state index is 0.285. The third kappa shape index (κ3) is 5.64. The quantitative estimate of drug-likeness (QED) is 0.261. The van der Waals surface area contributed by atoms with Gasteiger partial charge in [-0.1, -0.05) is 35.5 Å². The van der Waals surface area contributed by atoms with Crippen molar-refractivity contribution in [2.75, 3.05) is 23.0 Å². The number of thiocarbonyl (C=S) groups is 1. The highest BCUT2D eigenvalue weighted by molar-refractivity contribution is 7.99. The van der Waals surface area contributed by atoms with Crippen LogP contribution in [0, 0.1) is 6.92 Å². The largest absolute Gasteiger partial charge is 0.494 e. The second kappa shape index (κ2) is 10.7. The molecule has 196 valence electrons. The van der Waals surface area contributed by atoms with Gasteiger partial charge in [0.2, 0.25) is 10.0 Å². The topological polar surface area (TPSA) is 96.7 Å². The predicted molar refractivity (Wildman–Crippen MR) is 153 cm³/mol. The molecule has 1 saturated heterocycles. The van der Waals surface area contributed by atoms with Gasteiger partial charge in [-0.05, 0) is 67.7 Å². The number of nitrogens with one attached hydrogen (secondary N) is 2. The first-order chi connectivity index (χ1) is 18.2. The van der Waals surface area contributed by atoms with Crippen LogP contribution in [0.5, 0.6) is 5.75 Å². The van der Waals surface area contributed by atoms with E-state index in [0.29, 0.717) is 28.0 Å². The number of rotatable bonds is 8. The van der Waals surface area contributed by atoms with Crippen molar-refractivity contribution < 1.29 is 17.6 Å². The summed E-state index contributed by atoms with van der Waals surface area (Å²) in [5.74, 6) is 1.07. The minimum atomic E-state index is -3.48. The van der Waals surface area contributed by atoms with Gasteiger partial charge in [0, 0.05) is 22.8 Å². The van der Waals surface area contributed by atoms with Gasteiger partial charge in [-0.3, -0.25) is 9.71 Å². The molecule has 0 saturated carbocycles. The summed E-state index contributed by atoms with van der Waals surface area (Å²) >= 11 is 7.33. The van der Waals surface area contributed by atoms with E-state index in [-0.39, 0.29) is 12.1 Å². The van der Waals surface area contributed by atoms with Crippen LogP contribution in [0.25, 0.3) is 0 Å². The van der Waals surface area contributed by atoms with E-state index < -0.39 is 10.0 Å². The van der Waals surface area contributed by atoms with Crippen LogP contribution in [0.15, 0.2) is 93.4 Å². The van der Waals surface area contributed by atoms with E-state index in [0.717, 1.165) is 21.9 Å². The number of anilines is 2. The summed E-state index contributed by atoms with van der Waals surface area (Å²) in [5, 5.41) is 4.64. The SMILES string of the molecule is COc1cc(N2C(=S)N[C@H](c3ccccn3)[C@@H]2c2ccc(Sc3ccc(C)cc3)o2)ccc1NS(C)(=O)=O. The Morgan fingerprint density at radius 1 is 1.11 bits per heavy atom. The van der Waals surface area contributed by atoms with Crippen molar-refractivity contribution in [3.8, 4) is 5.75 Å². The molecule has 5 rings (SSSR count). The summed E-state index contributed by atoms with van der Waals surface area (Å²) in [6, 6.07) is 22.5. The molecule has 0 unspecified atom stereocenters. The van der Waals surface area contributed by atoms with E-state index in [9.17, 15) is 8.42 Å². The first-order valence-electron chi connectivity index (χ1n) is 11.7. The maximum atomic E-state index is 11.8. The van der Waals surface area contributed by atoms with Gasteiger partial charge in [-0.15, -0.1) is 0 Å². The Morgan fingerprint density at radius 3 is 2.58 bits per heavy atom. The highest BCUT2D eigenvalue weighted by Crippen LogP contribution is 2.44. The molecular weight excluding hydrogens is 541 g/mol. The number of methoxy groups -OCH3 is 1. The van der Waals surface area contributed by atoms with E-state index in [1.165, 1.54) is 12.7 Å². The number of sulfonamides is 1. The zero-order valence-electron chi connectivity index (χ0n) is 20.9. The Hall–Kier alpha value is -3.54. The molecule has 4 aromatic rings. The molecule has 2 N–H and O–H groups in total. The van der Waals surface area contributed by atoms with Gasteiger partial charge in [0.05, 0.1) is 30.8 Å². The zero-order valence-corrected chi connectivity index (χ0v) is 23.4. The number of aromatic nitrogens is 1. The van der Waals surface area contributed by atoms with Crippen LogP contribution in [0.3, 0.4) is 0 Å². The molecule has 0 amide bonds. The lowest BCUT2D eigenvalue weighted by molar-refractivity contribution is 0.383. The number of hydrogen-bond donors (Lipinski definition) is 2. The molecule has 0 radical (unpaired) electrons. The highest BCUT2D eigenvalue weighted by atomic mass is 32.2. The molecular formula is C27H26N4O4S3. The summed E-state index contributed by atoms with van der Waals surface area (Å²) in [6.07, 6.45) is 2.84. The predicted octanol–water partition coefficient (Wildman–Crippen LogP) is 5.69. The van der Waals surface area contributed by atoms with Crippen LogP contribution in [0.2, 0.25) is 0 Å². The normalized spacial score (nSPS) is 17.3. The van der Waals surface area contributed by atoms with Gasteiger partial charge in [0.1, 0.15) is 17.6 Å². The molecule has 11 heteroatoms. The van der Waals surface area contributed by atoms with Gasteiger partial charge < -0.3 is 19.4 Å². The summed E-state index contributed by atoms with van der Waals surface area (Å²) in [6.45, 7) is 2.06. The van der Waals surface area contributed by atoms with Gasteiger partial charge in [-0.2, -0.15) is 0 Å². The Labute approximate surface area is 231 Å².